The molecule has 166 valence electrons. The van der Waals surface area contributed by atoms with Crippen molar-refractivity contribution in [1.82, 2.24) is 9.80 Å². The molecular weight excluding hydrogens is 438 g/mol. The number of thiophene rings is 1. The second-order valence-corrected chi connectivity index (χ2v) is 8.75. The maximum Gasteiger partial charge on any atom is 0.350 e. The van der Waals surface area contributed by atoms with E-state index in [2.05, 4.69) is 5.32 Å². The van der Waals surface area contributed by atoms with Crippen molar-refractivity contribution in [3.8, 4) is 10.4 Å². The second kappa shape index (κ2) is 10.7. The molecule has 0 atom stereocenters. The molecule has 1 aliphatic heterocycles. The first kappa shape index (κ1) is 23.2. The van der Waals surface area contributed by atoms with Gasteiger partial charge in [0.2, 0.25) is 11.8 Å². The summed E-state index contributed by atoms with van der Waals surface area (Å²) in [4.78, 5) is 41.8. The fourth-order valence-electron chi connectivity index (χ4n) is 3.43. The number of nitrogens with zero attached hydrogens (tertiary/aromatic N) is 2. The van der Waals surface area contributed by atoms with Gasteiger partial charge in [-0.25, -0.2) is 4.79 Å². The van der Waals surface area contributed by atoms with Crippen molar-refractivity contribution < 1.29 is 19.1 Å². The zero-order chi connectivity index (χ0) is 22.4. The monoisotopic (exact) mass is 463 g/mol. The first-order chi connectivity index (χ1) is 14.9. The summed E-state index contributed by atoms with van der Waals surface area (Å²) in [6.45, 7) is 6.44. The van der Waals surface area contributed by atoms with E-state index >= 15 is 0 Å². The van der Waals surface area contributed by atoms with Crippen LogP contribution >= 0.6 is 22.9 Å². The molecule has 1 aromatic carbocycles. The van der Waals surface area contributed by atoms with Gasteiger partial charge < -0.3 is 15.0 Å². The Labute approximate surface area is 190 Å². The number of anilines is 1. The summed E-state index contributed by atoms with van der Waals surface area (Å²) in [6.07, 6.45) is 0.820. The molecule has 9 heteroatoms. The fourth-order valence-corrected chi connectivity index (χ4v) is 4.56. The highest BCUT2D eigenvalue weighted by atomic mass is 35.5. The van der Waals surface area contributed by atoms with Gasteiger partial charge in [0.25, 0.3) is 0 Å². The highest BCUT2D eigenvalue weighted by molar-refractivity contribution is 7.18. The van der Waals surface area contributed by atoms with Gasteiger partial charge in [0.05, 0.1) is 18.8 Å². The van der Waals surface area contributed by atoms with E-state index in [-0.39, 0.29) is 25.0 Å². The molecule has 2 heterocycles. The molecular formula is C22H26ClN3O4S. The molecule has 3 rings (SSSR count). The number of hydrogen-bond donors (Lipinski definition) is 1. The average molecular weight is 464 g/mol. The van der Waals surface area contributed by atoms with Gasteiger partial charge in [0.1, 0.15) is 4.88 Å². The predicted octanol–water partition coefficient (Wildman–Crippen LogP) is 3.74. The van der Waals surface area contributed by atoms with Crippen LogP contribution in [0.4, 0.5) is 5.69 Å². The third kappa shape index (κ3) is 6.29. The van der Waals surface area contributed by atoms with E-state index in [0.29, 0.717) is 35.2 Å². The van der Waals surface area contributed by atoms with Gasteiger partial charge in [-0.1, -0.05) is 23.7 Å². The standard InChI is InChI=1S/C22H26ClN3O4S/c1-3-30-22(29)21-18(13-19(31-21)16-5-7-17(23)8-6-16)24-20(28)14-25-9-4-10-26(12-11-25)15(2)27/h5-8,13H,3-4,9-12,14H2,1-2H3,(H,24,28). The summed E-state index contributed by atoms with van der Waals surface area (Å²) >= 11 is 7.24. The molecule has 1 N–H and O–H groups in total. The number of hydrogen-bond acceptors (Lipinski definition) is 6. The molecule has 0 unspecified atom stereocenters. The summed E-state index contributed by atoms with van der Waals surface area (Å²) in [5.41, 5.74) is 1.34. The smallest absolute Gasteiger partial charge is 0.350 e. The van der Waals surface area contributed by atoms with Gasteiger partial charge in [-0.3, -0.25) is 14.5 Å². The molecule has 0 saturated carbocycles. The highest BCUT2D eigenvalue weighted by Gasteiger charge is 2.22. The number of carbonyl (C=O) groups excluding carboxylic acids is 3. The number of ether oxygens (including phenoxy) is 1. The third-order valence-corrected chi connectivity index (χ3v) is 6.41. The Kier molecular flexibility index (Phi) is 8.06. The van der Waals surface area contributed by atoms with Crippen molar-refractivity contribution >= 4 is 46.4 Å². The van der Waals surface area contributed by atoms with E-state index < -0.39 is 5.97 Å². The molecule has 0 aliphatic carbocycles. The van der Waals surface area contributed by atoms with E-state index in [0.717, 1.165) is 23.4 Å². The Morgan fingerprint density at radius 3 is 2.55 bits per heavy atom. The molecule has 2 amide bonds. The first-order valence-electron chi connectivity index (χ1n) is 10.2. The molecule has 31 heavy (non-hydrogen) atoms. The molecule has 0 radical (unpaired) electrons. The van der Waals surface area contributed by atoms with Crippen molar-refractivity contribution in [1.29, 1.82) is 0 Å². The van der Waals surface area contributed by atoms with E-state index in [1.165, 1.54) is 11.3 Å². The van der Waals surface area contributed by atoms with Crippen LogP contribution < -0.4 is 5.32 Å². The van der Waals surface area contributed by atoms with Crippen LogP contribution in [0, 0.1) is 0 Å². The summed E-state index contributed by atoms with van der Waals surface area (Å²) in [5.74, 6) is -0.615. The molecule has 1 aliphatic rings. The van der Waals surface area contributed by atoms with Crippen LogP contribution in [-0.4, -0.2) is 66.9 Å². The molecule has 0 bridgehead atoms. The summed E-state index contributed by atoms with van der Waals surface area (Å²) in [7, 11) is 0. The van der Waals surface area contributed by atoms with Crippen molar-refractivity contribution in [2.75, 3.05) is 44.6 Å². The molecule has 1 aromatic heterocycles. The zero-order valence-corrected chi connectivity index (χ0v) is 19.2. The van der Waals surface area contributed by atoms with Crippen molar-refractivity contribution in [2.24, 2.45) is 0 Å². The van der Waals surface area contributed by atoms with Gasteiger partial charge in [-0.05, 0) is 37.1 Å². The molecule has 0 spiro atoms. The van der Waals surface area contributed by atoms with Gasteiger partial charge in [0, 0.05) is 43.0 Å². The fraction of sp³-hybridized carbons (Fsp3) is 0.409. The number of rotatable bonds is 6. The maximum atomic E-state index is 12.7. The number of amides is 2. The van der Waals surface area contributed by atoms with Gasteiger partial charge in [-0.15, -0.1) is 11.3 Å². The van der Waals surface area contributed by atoms with Crippen molar-refractivity contribution in [3.05, 3.63) is 40.2 Å². The number of halogens is 1. The van der Waals surface area contributed by atoms with Crippen LogP contribution in [0.15, 0.2) is 30.3 Å². The molecule has 1 fully saturated rings. The lowest BCUT2D eigenvalue weighted by Gasteiger charge is -2.20. The van der Waals surface area contributed by atoms with Crippen molar-refractivity contribution in [3.63, 3.8) is 0 Å². The highest BCUT2D eigenvalue weighted by Crippen LogP contribution is 2.36. The number of carbonyl (C=O) groups is 3. The molecule has 1 saturated heterocycles. The quantitative estimate of drug-likeness (QED) is 0.660. The Bertz CT molecular complexity index is 945. The van der Waals surface area contributed by atoms with Crippen LogP contribution in [0.2, 0.25) is 5.02 Å². The van der Waals surface area contributed by atoms with E-state index in [4.69, 9.17) is 16.3 Å². The topological polar surface area (TPSA) is 79.0 Å². The van der Waals surface area contributed by atoms with Gasteiger partial charge >= 0.3 is 5.97 Å². The van der Waals surface area contributed by atoms with Crippen LogP contribution in [-0.2, 0) is 14.3 Å². The lowest BCUT2D eigenvalue weighted by atomic mass is 10.2. The maximum absolute atomic E-state index is 12.7. The Morgan fingerprint density at radius 2 is 1.87 bits per heavy atom. The Morgan fingerprint density at radius 1 is 1.13 bits per heavy atom. The van der Waals surface area contributed by atoms with Crippen LogP contribution in [0.5, 0.6) is 0 Å². The summed E-state index contributed by atoms with van der Waals surface area (Å²) in [6, 6.07) is 9.09. The third-order valence-electron chi connectivity index (χ3n) is 5.00. The minimum absolute atomic E-state index is 0.0541. The average Bonchev–Trinajstić information content (AvgIpc) is 2.99. The Hall–Kier alpha value is -2.42. The van der Waals surface area contributed by atoms with Crippen LogP contribution in [0.1, 0.15) is 29.9 Å². The van der Waals surface area contributed by atoms with Crippen LogP contribution in [0.25, 0.3) is 10.4 Å². The SMILES string of the molecule is CCOC(=O)c1sc(-c2ccc(Cl)cc2)cc1NC(=O)CN1CCCN(C(C)=O)CC1. The first-order valence-corrected chi connectivity index (χ1v) is 11.4. The second-order valence-electron chi connectivity index (χ2n) is 7.26. The predicted molar refractivity (Wildman–Crippen MR) is 123 cm³/mol. The van der Waals surface area contributed by atoms with Crippen molar-refractivity contribution in [2.45, 2.75) is 20.3 Å². The minimum Gasteiger partial charge on any atom is -0.462 e. The lowest BCUT2D eigenvalue weighted by molar-refractivity contribution is -0.128. The summed E-state index contributed by atoms with van der Waals surface area (Å²) in [5, 5.41) is 3.50. The number of benzene rings is 1. The molecule has 2 aromatic rings. The number of esters is 1. The lowest BCUT2D eigenvalue weighted by Crippen LogP contribution is -2.37. The Balaban J connectivity index is 1.73. The minimum atomic E-state index is -0.463. The zero-order valence-electron chi connectivity index (χ0n) is 17.7. The van der Waals surface area contributed by atoms with Crippen LogP contribution in [0.3, 0.4) is 0 Å². The van der Waals surface area contributed by atoms with Gasteiger partial charge in [0.15, 0.2) is 0 Å². The van der Waals surface area contributed by atoms with E-state index in [1.807, 2.05) is 17.0 Å². The molecule has 7 nitrogen and oxygen atoms in total. The summed E-state index contributed by atoms with van der Waals surface area (Å²) < 4.78 is 5.17. The largest absolute Gasteiger partial charge is 0.462 e. The van der Waals surface area contributed by atoms with E-state index in [1.54, 1.807) is 36.9 Å². The normalized spacial score (nSPS) is 14.7. The number of nitrogens with one attached hydrogen (secondary N) is 1. The van der Waals surface area contributed by atoms with E-state index in [9.17, 15) is 14.4 Å². The van der Waals surface area contributed by atoms with Gasteiger partial charge in [-0.2, -0.15) is 0 Å².